The van der Waals surface area contributed by atoms with Crippen LogP contribution in [-0.4, -0.2) is 27.2 Å². The molecule has 1 atom stereocenters. The van der Waals surface area contributed by atoms with Gasteiger partial charge in [-0.2, -0.15) is 4.98 Å². The minimum absolute atomic E-state index is 0.0962. The summed E-state index contributed by atoms with van der Waals surface area (Å²) in [5.41, 5.74) is 2.84. The molecule has 0 saturated heterocycles. The molecule has 30 heavy (non-hydrogen) atoms. The van der Waals surface area contributed by atoms with E-state index in [0.717, 1.165) is 27.9 Å². The molecule has 0 aliphatic carbocycles. The number of hydrogen-bond donors (Lipinski definition) is 1. The summed E-state index contributed by atoms with van der Waals surface area (Å²) in [5, 5.41) is 3.88. The average molecular weight is 404 g/mol. The predicted octanol–water partition coefficient (Wildman–Crippen LogP) is 3.23. The maximum absolute atomic E-state index is 13.2. The first-order valence-electron chi connectivity index (χ1n) is 9.93. The van der Waals surface area contributed by atoms with Crippen molar-refractivity contribution in [2.45, 2.75) is 32.9 Å². The van der Waals surface area contributed by atoms with Crippen molar-refractivity contribution in [1.82, 2.24) is 19.5 Å². The summed E-state index contributed by atoms with van der Waals surface area (Å²) in [6, 6.07) is 16.4. The van der Waals surface area contributed by atoms with Gasteiger partial charge in [0.15, 0.2) is 5.65 Å². The van der Waals surface area contributed by atoms with Crippen LogP contribution in [-0.2, 0) is 11.3 Å². The Morgan fingerprint density at radius 2 is 1.97 bits per heavy atom. The third-order valence-corrected chi connectivity index (χ3v) is 5.28. The Balaban J connectivity index is 1.75. The Labute approximate surface area is 173 Å². The van der Waals surface area contributed by atoms with Crippen LogP contribution in [0.1, 0.15) is 30.6 Å². The number of nitrogens with one attached hydrogen (secondary N) is 1. The molecule has 0 aliphatic rings. The Morgan fingerprint density at radius 1 is 1.17 bits per heavy atom. The Hall–Kier alpha value is -3.61. The van der Waals surface area contributed by atoms with Gasteiger partial charge < -0.3 is 10.1 Å². The van der Waals surface area contributed by atoms with Gasteiger partial charge in [-0.15, -0.1) is 0 Å². The van der Waals surface area contributed by atoms with E-state index in [1.165, 1.54) is 6.07 Å². The first kappa shape index (κ1) is 19.7. The summed E-state index contributed by atoms with van der Waals surface area (Å²) in [6.45, 7) is 4.23. The summed E-state index contributed by atoms with van der Waals surface area (Å²) in [6.07, 6.45) is 0.587. The molecule has 2 aromatic carbocycles. The van der Waals surface area contributed by atoms with Crippen LogP contribution in [0.2, 0.25) is 0 Å². The van der Waals surface area contributed by atoms with E-state index in [0.29, 0.717) is 18.6 Å². The highest BCUT2D eigenvalue weighted by Gasteiger charge is 2.24. The van der Waals surface area contributed by atoms with Crippen molar-refractivity contribution in [3.63, 3.8) is 0 Å². The first-order valence-corrected chi connectivity index (χ1v) is 9.93. The SMILES string of the molecule is CC[C@H](C(=O)NCc1cccc(OC)c1)n1c2ccccc2c2nc(=O)cc(C)n21. The lowest BCUT2D eigenvalue weighted by Gasteiger charge is -2.20. The van der Waals surface area contributed by atoms with E-state index < -0.39 is 6.04 Å². The standard InChI is InChI=1S/C23H24N4O3/c1-4-19(23(29)24-14-16-8-7-9-17(13-16)30-3)27-20-11-6-5-10-18(20)22-25-21(28)12-15(2)26(22)27/h5-13,19H,4,14H2,1-3H3,(H,24,29)/t19-/m1/s1. The van der Waals surface area contributed by atoms with Crippen molar-refractivity contribution in [3.8, 4) is 5.75 Å². The second-order valence-corrected chi connectivity index (χ2v) is 7.23. The fourth-order valence-corrected chi connectivity index (χ4v) is 3.87. The van der Waals surface area contributed by atoms with E-state index in [1.54, 1.807) is 7.11 Å². The molecule has 7 heteroatoms. The lowest BCUT2D eigenvalue weighted by molar-refractivity contribution is -0.124. The zero-order chi connectivity index (χ0) is 21.3. The molecule has 0 unspecified atom stereocenters. The highest BCUT2D eigenvalue weighted by molar-refractivity contribution is 5.94. The number of hydrogen-bond acceptors (Lipinski definition) is 4. The maximum Gasteiger partial charge on any atom is 0.273 e. The van der Waals surface area contributed by atoms with Crippen LogP contribution in [0, 0.1) is 6.92 Å². The largest absolute Gasteiger partial charge is 0.497 e. The second-order valence-electron chi connectivity index (χ2n) is 7.23. The van der Waals surface area contributed by atoms with Gasteiger partial charge >= 0.3 is 0 Å². The van der Waals surface area contributed by atoms with Crippen molar-refractivity contribution in [1.29, 1.82) is 0 Å². The van der Waals surface area contributed by atoms with Crippen LogP contribution >= 0.6 is 0 Å². The van der Waals surface area contributed by atoms with Gasteiger partial charge in [0.1, 0.15) is 11.8 Å². The first-order chi connectivity index (χ1) is 14.5. The van der Waals surface area contributed by atoms with Crippen molar-refractivity contribution >= 4 is 22.5 Å². The van der Waals surface area contributed by atoms with Crippen molar-refractivity contribution in [2.75, 3.05) is 7.11 Å². The molecule has 2 aromatic heterocycles. The zero-order valence-electron chi connectivity index (χ0n) is 17.3. The second kappa shape index (κ2) is 8.02. The van der Waals surface area contributed by atoms with E-state index in [1.807, 2.05) is 71.6 Å². The minimum Gasteiger partial charge on any atom is -0.497 e. The quantitative estimate of drug-likeness (QED) is 0.535. The molecule has 1 amide bonds. The number of rotatable bonds is 6. The summed E-state index contributed by atoms with van der Waals surface area (Å²) >= 11 is 0. The van der Waals surface area contributed by atoms with E-state index >= 15 is 0 Å². The number of methoxy groups -OCH3 is 1. The number of benzene rings is 2. The molecule has 7 nitrogen and oxygen atoms in total. The van der Waals surface area contributed by atoms with Gasteiger partial charge in [-0.25, -0.2) is 4.52 Å². The van der Waals surface area contributed by atoms with Gasteiger partial charge in [0.2, 0.25) is 5.91 Å². The number of aromatic nitrogens is 3. The summed E-state index contributed by atoms with van der Waals surface area (Å²) < 4.78 is 9.06. The molecule has 0 radical (unpaired) electrons. The smallest absolute Gasteiger partial charge is 0.273 e. The average Bonchev–Trinajstić information content (AvgIpc) is 3.08. The van der Waals surface area contributed by atoms with Crippen molar-refractivity contribution < 1.29 is 9.53 Å². The van der Waals surface area contributed by atoms with Gasteiger partial charge in [-0.3, -0.25) is 14.3 Å². The summed E-state index contributed by atoms with van der Waals surface area (Å²) in [5.74, 6) is 0.655. The number of carbonyl (C=O) groups excluding carboxylic acids is 1. The van der Waals surface area contributed by atoms with Crippen LogP contribution < -0.4 is 15.6 Å². The highest BCUT2D eigenvalue weighted by Crippen LogP contribution is 2.26. The molecule has 2 heterocycles. The molecule has 0 bridgehead atoms. The van der Waals surface area contributed by atoms with E-state index in [4.69, 9.17) is 4.74 Å². The highest BCUT2D eigenvalue weighted by atomic mass is 16.5. The van der Waals surface area contributed by atoms with E-state index in [2.05, 4.69) is 10.3 Å². The molecule has 0 spiro atoms. The molecular weight excluding hydrogens is 380 g/mol. The van der Waals surface area contributed by atoms with Crippen molar-refractivity contribution in [3.05, 3.63) is 76.2 Å². The molecule has 0 aliphatic heterocycles. The number of aryl methyl sites for hydroxylation is 1. The number of carbonyl (C=O) groups is 1. The number of ether oxygens (including phenoxy) is 1. The van der Waals surface area contributed by atoms with Crippen LogP contribution in [0.4, 0.5) is 0 Å². The third kappa shape index (κ3) is 3.43. The monoisotopic (exact) mass is 404 g/mol. The Kier molecular flexibility index (Phi) is 5.27. The van der Waals surface area contributed by atoms with Crippen LogP contribution in [0.3, 0.4) is 0 Å². The Bertz CT molecular complexity index is 1290. The van der Waals surface area contributed by atoms with Crippen LogP contribution in [0.15, 0.2) is 59.4 Å². The van der Waals surface area contributed by atoms with Crippen molar-refractivity contribution in [2.24, 2.45) is 0 Å². The molecule has 4 aromatic rings. The molecule has 0 saturated carbocycles. The molecule has 1 N–H and O–H groups in total. The Morgan fingerprint density at radius 3 is 2.73 bits per heavy atom. The number of amides is 1. The fraction of sp³-hybridized carbons (Fsp3) is 0.261. The molecular formula is C23H24N4O3. The minimum atomic E-state index is -0.457. The maximum atomic E-state index is 13.2. The molecule has 0 fully saturated rings. The van der Waals surface area contributed by atoms with E-state index in [9.17, 15) is 9.59 Å². The predicted molar refractivity (Wildman–Crippen MR) is 116 cm³/mol. The molecule has 154 valence electrons. The number of para-hydroxylation sites is 1. The lowest BCUT2D eigenvalue weighted by Crippen LogP contribution is -2.34. The lowest BCUT2D eigenvalue weighted by atomic mass is 10.1. The summed E-state index contributed by atoms with van der Waals surface area (Å²) in [7, 11) is 1.62. The number of nitrogens with zero attached hydrogens (tertiary/aromatic N) is 3. The van der Waals surface area contributed by atoms with E-state index in [-0.39, 0.29) is 11.5 Å². The van der Waals surface area contributed by atoms with Crippen LogP contribution in [0.5, 0.6) is 5.75 Å². The normalized spacial score (nSPS) is 12.2. The van der Waals surface area contributed by atoms with Gasteiger partial charge in [-0.1, -0.05) is 31.2 Å². The van der Waals surface area contributed by atoms with Gasteiger partial charge in [0, 0.05) is 23.7 Å². The topological polar surface area (TPSA) is 77.6 Å². The zero-order valence-corrected chi connectivity index (χ0v) is 17.3. The van der Waals surface area contributed by atoms with Crippen LogP contribution in [0.25, 0.3) is 16.6 Å². The van der Waals surface area contributed by atoms with Gasteiger partial charge in [0.25, 0.3) is 5.56 Å². The van der Waals surface area contributed by atoms with Gasteiger partial charge in [-0.05, 0) is 43.2 Å². The molecule has 4 rings (SSSR count). The fourth-order valence-electron chi connectivity index (χ4n) is 3.87. The number of fused-ring (bicyclic) bond motifs is 3. The summed E-state index contributed by atoms with van der Waals surface area (Å²) in [4.78, 5) is 29.4. The third-order valence-electron chi connectivity index (χ3n) is 5.28. The van der Waals surface area contributed by atoms with Gasteiger partial charge in [0.05, 0.1) is 12.6 Å².